The van der Waals surface area contributed by atoms with Crippen LogP contribution in [0.5, 0.6) is 17.2 Å². The lowest BCUT2D eigenvalue weighted by atomic mass is 10.1. The number of nitro groups is 1. The predicted molar refractivity (Wildman–Crippen MR) is 56.8 cm³/mol. The van der Waals surface area contributed by atoms with Crippen molar-refractivity contribution in [1.82, 2.24) is 0 Å². The SMILES string of the molecule is COc1ccc(C[N+](=O)[O-])c(OC)c1OC. The van der Waals surface area contributed by atoms with Crippen molar-refractivity contribution in [3.8, 4) is 17.2 Å². The maximum absolute atomic E-state index is 10.5. The van der Waals surface area contributed by atoms with Crippen molar-refractivity contribution in [3.05, 3.63) is 27.8 Å². The van der Waals surface area contributed by atoms with Gasteiger partial charge in [0.1, 0.15) is 0 Å². The number of rotatable bonds is 5. The Morgan fingerprint density at radius 3 is 2.19 bits per heavy atom. The Hall–Kier alpha value is -1.98. The number of ether oxygens (including phenoxy) is 3. The summed E-state index contributed by atoms with van der Waals surface area (Å²) in [6.07, 6.45) is 0. The van der Waals surface area contributed by atoms with E-state index in [1.807, 2.05) is 0 Å². The van der Waals surface area contributed by atoms with Crippen molar-refractivity contribution in [2.24, 2.45) is 0 Å². The summed E-state index contributed by atoms with van der Waals surface area (Å²) in [4.78, 5) is 10.0. The van der Waals surface area contributed by atoms with Crippen LogP contribution in [0, 0.1) is 10.1 Å². The van der Waals surface area contributed by atoms with Gasteiger partial charge in [-0.15, -0.1) is 0 Å². The van der Waals surface area contributed by atoms with Crippen LogP contribution in [0.3, 0.4) is 0 Å². The van der Waals surface area contributed by atoms with Gasteiger partial charge in [0, 0.05) is 4.92 Å². The van der Waals surface area contributed by atoms with E-state index < -0.39 is 4.92 Å². The lowest BCUT2D eigenvalue weighted by Crippen LogP contribution is -2.03. The van der Waals surface area contributed by atoms with E-state index in [0.29, 0.717) is 22.8 Å². The summed E-state index contributed by atoms with van der Waals surface area (Å²) in [5.41, 5.74) is 0.449. The molecule has 1 aromatic carbocycles. The van der Waals surface area contributed by atoms with Gasteiger partial charge >= 0.3 is 0 Å². The summed E-state index contributed by atoms with van der Waals surface area (Å²) < 4.78 is 15.3. The minimum Gasteiger partial charge on any atom is -0.493 e. The standard InChI is InChI=1S/C10H13NO5/c1-14-8-5-4-7(6-11(12)13)9(15-2)10(8)16-3/h4-5H,6H2,1-3H3. The quantitative estimate of drug-likeness (QED) is 0.563. The van der Waals surface area contributed by atoms with Crippen molar-refractivity contribution in [3.63, 3.8) is 0 Å². The molecule has 0 unspecified atom stereocenters. The second-order valence-corrected chi connectivity index (χ2v) is 2.98. The normalized spacial score (nSPS) is 9.69. The number of hydrogen-bond acceptors (Lipinski definition) is 5. The highest BCUT2D eigenvalue weighted by Gasteiger charge is 2.18. The van der Waals surface area contributed by atoms with Crippen LogP contribution in [0.1, 0.15) is 5.56 Å². The molecule has 0 saturated heterocycles. The molecule has 0 fully saturated rings. The summed E-state index contributed by atoms with van der Waals surface area (Å²) in [5.74, 6) is 1.18. The topological polar surface area (TPSA) is 70.8 Å². The highest BCUT2D eigenvalue weighted by molar-refractivity contribution is 5.55. The first-order valence-corrected chi connectivity index (χ1v) is 4.53. The second-order valence-electron chi connectivity index (χ2n) is 2.98. The molecule has 0 aliphatic heterocycles. The largest absolute Gasteiger partial charge is 0.493 e. The van der Waals surface area contributed by atoms with Gasteiger partial charge in [-0.3, -0.25) is 10.1 Å². The monoisotopic (exact) mass is 227 g/mol. The molecule has 0 N–H and O–H groups in total. The van der Waals surface area contributed by atoms with Crippen molar-refractivity contribution < 1.29 is 19.1 Å². The third kappa shape index (κ3) is 2.33. The molecule has 0 heterocycles. The number of nitrogens with zero attached hydrogens (tertiary/aromatic N) is 1. The molecule has 6 heteroatoms. The van der Waals surface area contributed by atoms with Gasteiger partial charge in [0.05, 0.1) is 26.9 Å². The van der Waals surface area contributed by atoms with Gasteiger partial charge in [-0.1, -0.05) is 0 Å². The Labute approximate surface area is 92.9 Å². The molecule has 0 saturated carbocycles. The predicted octanol–water partition coefficient (Wildman–Crippen LogP) is 1.49. The van der Waals surface area contributed by atoms with E-state index >= 15 is 0 Å². The number of methoxy groups -OCH3 is 3. The van der Waals surface area contributed by atoms with Crippen LogP contribution in [0.25, 0.3) is 0 Å². The van der Waals surface area contributed by atoms with E-state index in [9.17, 15) is 10.1 Å². The summed E-state index contributed by atoms with van der Waals surface area (Å²) in [6, 6.07) is 3.20. The molecule has 0 atom stereocenters. The van der Waals surface area contributed by atoms with Gasteiger partial charge < -0.3 is 14.2 Å². The van der Waals surface area contributed by atoms with E-state index in [-0.39, 0.29) is 6.54 Å². The van der Waals surface area contributed by atoms with Crippen LogP contribution in [0.15, 0.2) is 12.1 Å². The van der Waals surface area contributed by atoms with Crippen LogP contribution in [0.2, 0.25) is 0 Å². The Balaban J connectivity index is 3.25. The van der Waals surface area contributed by atoms with E-state index in [2.05, 4.69) is 0 Å². The van der Waals surface area contributed by atoms with Crippen molar-refractivity contribution >= 4 is 0 Å². The van der Waals surface area contributed by atoms with Crippen molar-refractivity contribution in [2.75, 3.05) is 21.3 Å². The minimum absolute atomic E-state index is 0.316. The number of benzene rings is 1. The lowest BCUT2D eigenvalue weighted by molar-refractivity contribution is -0.496. The molecule has 0 radical (unpaired) electrons. The summed E-state index contributed by atoms with van der Waals surface area (Å²) in [6.45, 7) is -0.316. The van der Waals surface area contributed by atoms with Crippen molar-refractivity contribution in [2.45, 2.75) is 6.54 Å². The van der Waals surface area contributed by atoms with E-state index in [1.165, 1.54) is 21.3 Å². The number of hydrogen-bond donors (Lipinski definition) is 0. The Kier molecular flexibility index (Phi) is 3.93. The summed E-state index contributed by atoms with van der Waals surface area (Å²) in [7, 11) is 4.38. The first-order valence-electron chi connectivity index (χ1n) is 4.53. The lowest BCUT2D eigenvalue weighted by Gasteiger charge is -2.13. The zero-order valence-corrected chi connectivity index (χ0v) is 9.35. The van der Waals surface area contributed by atoms with E-state index in [0.717, 1.165) is 0 Å². The maximum Gasteiger partial charge on any atom is 0.232 e. The fraction of sp³-hybridized carbons (Fsp3) is 0.400. The molecular formula is C10H13NO5. The fourth-order valence-corrected chi connectivity index (χ4v) is 1.43. The third-order valence-corrected chi connectivity index (χ3v) is 2.09. The van der Waals surface area contributed by atoms with Crippen LogP contribution in [-0.2, 0) is 6.54 Å². The third-order valence-electron chi connectivity index (χ3n) is 2.09. The Bertz CT molecular complexity index is 391. The zero-order valence-electron chi connectivity index (χ0n) is 9.35. The maximum atomic E-state index is 10.5. The summed E-state index contributed by atoms with van der Waals surface area (Å²) in [5, 5.41) is 10.5. The first kappa shape index (κ1) is 12.1. The molecule has 0 aromatic heterocycles. The molecule has 0 amide bonds. The van der Waals surface area contributed by atoms with Crippen LogP contribution in [-0.4, -0.2) is 26.3 Å². The van der Waals surface area contributed by atoms with Crippen molar-refractivity contribution in [1.29, 1.82) is 0 Å². The van der Waals surface area contributed by atoms with Gasteiger partial charge in [-0.2, -0.15) is 0 Å². The molecule has 16 heavy (non-hydrogen) atoms. The van der Waals surface area contributed by atoms with E-state index in [1.54, 1.807) is 12.1 Å². The van der Waals surface area contributed by atoms with Gasteiger partial charge in [-0.25, -0.2) is 0 Å². The van der Waals surface area contributed by atoms with Crippen LogP contribution in [0.4, 0.5) is 0 Å². The van der Waals surface area contributed by atoms with Gasteiger partial charge in [0.15, 0.2) is 11.5 Å². The molecule has 0 aliphatic carbocycles. The molecule has 0 aliphatic rings. The van der Waals surface area contributed by atoms with Gasteiger partial charge in [-0.05, 0) is 12.1 Å². The average molecular weight is 227 g/mol. The molecule has 88 valence electrons. The average Bonchev–Trinajstić information content (AvgIpc) is 2.27. The first-order chi connectivity index (χ1) is 7.63. The van der Waals surface area contributed by atoms with Crippen LogP contribution < -0.4 is 14.2 Å². The zero-order chi connectivity index (χ0) is 12.1. The molecule has 6 nitrogen and oxygen atoms in total. The molecule has 0 spiro atoms. The molecule has 0 bridgehead atoms. The molecule has 1 aromatic rings. The Morgan fingerprint density at radius 2 is 1.75 bits per heavy atom. The highest BCUT2D eigenvalue weighted by atomic mass is 16.6. The Morgan fingerprint density at radius 1 is 1.12 bits per heavy atom. The second kappa shape index (κ2) is 5.20. The molecular weight excluding hydrogens is 214 g/mol. The van der Waals surface area contributed by atoms with Gasteiger partial charge in [0.25, 0.3) is 0 Å². The van der Waals surface area contributed by atoms with Crippen LogP contribution >= 0.6 is 0 Å². The molecule has 1 rings (SSSR count). The van der Waals surface area contributed by atoms with E-state index in [4.69, 9.17) is 14.2 Å². The summed E-state index contributed by atoms with van der Waals surface area (Å²) >= 11 is 0. The smallest absolute Gasteiger partial charge is 0.232 e. The van der Waals surface area contributed by atoms with Gasteiger partial charge in [0.2, 0.25) is 12.3 Å². The fourth-order valence-electron chi connectivity index (χ4n) is 1.43. The highest BCUT2D eigenvalue weighted by Crippen LogP contribution is 2.39. The minimum atomic E-state index is -0.427.